The number of piperidine rings is 1. The minimum atomic E-state index is -0.135. The van der Waals surface area contributed by atoms with Gasteiger partial charge in [-0.05, 0) is 44.4 Å². The van der Waals surface area contributed by atoms with Crippen LogP contribution in [0.3, 0.4) is 0 Å². The van der Waals surface area contributed by atoms with E-state index in [9.17, 15) is 4.79 Å². The zero-order valence-corrected chi connectivity index (χ0v) is 17.8. The maximum absolute atomic E-state index is 13.5. The van der Waals surface area contributed by atoms with E-state index in [-0.39, 0.29) is 18.1 Å². The lowest BCUT2D eigenvalue weighted by Crippen LogP contribution is -2.49. The Morgan fingerprint density at radius 1 is 1.13 bits per heavy atom. The lowest BCUT2D eigenvalue weighted by Gasteiger charge is -2.38. The number of aromatic nitrogens is 4. The first-order chi connectivity index (χ1) is 15.2. The lowest BCUT2D eigenvalue weighted by atomic mass is 9.99. The molecular weight excluding hydrogens is 394 g/mol. The summed E-state index contributed by atoms with van der Waals surface area (Å²) in [6.07, 6.45) is 7.39. The van der Waals surface area contributed by atoms with E-state index in [2.05, 4.69) is 29.0 Å². The quantitative estimate of drug-likeness (QED) is 0.581. The molecule has 1 amide bonds. The first-order valence-electron chi connectivity index (χ1n) is 10.7. The average Bonchev–Trinajstić information content (AvgIpc) is 3.34. The maximum Gasteiger partial charge on any atom is 0.256 e. The van der Waals surface area contributed by atoms with Crippen molar-refractivity contribution in [1.29, 1.82) is 0 Å². The summed E-state index contributed by atoms with van der Waals surface area (Å²) in [7, 11) is 0. The van der Waals surface area contributed by atoms with Crippen LogP contribution in [0.2, 0.25) is 0 Å². The zero-order valence-electron chi connectivity index (χ0n) is 17.8. The van der Waals surface area contributed by atoms with E-state index >= 15 is 0 Å². The molecule has 4 rings (SSSR count). The Morgan fingerprint density at radius 3 is 2.74 bits per heavy atom. The number of carbonyl (C=O) groups excluding carboxylic acids is 1. The molecule has 0 N–H and O–H groups in total. The first-order valence-corrected chi connectivity index (χ1v) is 10.7. The third-order valence-electron chi connectivity index (χ3n) is 5.33. The van der Waals surface area contributed by atoms with Gasteiger partial charge >= 0.3 is 0 Å². The predicted molar refractivity (Wildman–Crippen MR) is 116 cm³/mol. The van der Waals surface area contributed by atoms with Crippen LogP contribution in [0.5, 0.6) is 11.6 Å². The van der Waals surface area contributed by atoms with E-state index in [1.807, 2.05) is 35.2 Å². The topological polar surface area (TPSA) is 82.4 Å². The molecule has 2 aromatic heterocycles. The molecule has 1 fully saturated rings. The molecule has 8 heteroatoms. The molecule has 2 atom stereocenters. The third-order valence-corrected chi connectivity index (χ3v) is 5.33. The standard InChI is InChI=1S/C23H27N5O3/c1-3-14-30-18-10-11-24-22(15-18)31-19-9-8-17(2)27(16-19)23(29)20-6-4-5-7-21(20)28-25-12-13-26-28/h4-7,10-13,15,17,19H,3,8-9,14,16H2,1-2H3/t17-,19-/m1/s1. The molecule has 1 aliphatic rings. The fraction of sp³-hybridized carbons (Fsp3) is 0.391. The summed E-state index contributed by atoms with van der Waals surface area (Å²) in [5, 5.41) is 8.37. The van der Waals surface area contributed by atoms with E-state index in [4.69, 9.17) is 9.47 Å². The van der Waals surface area contributed by atoms with Crippen LogP contribution in [0.4, 0.5) is 0 Å². The monoisotopic (exact) mass is 421 g/mol. The van der Waals surface area contributed by atoms with Gasteiger partial charge in [-0.3, -0.25) is 4.79 Å². The number of para-hydroxylation sites is 1. The highest BCUT2D eigenvalue weighted by atomic mass is 16.5. The second-order valence-electron chi connectivity index (χ2n) is 7.64. The van der Waals surface area contributed by atoms with Crippen LogP contribution in [-0.4, -0.2) is 56.1 Å². The molecule has 0 bridgehead atoms. The van der Waals surface area contributed by atoms with Gasteiger partial charge in [0.2, 0.25) is 5.88 Å². The van der Waals surface area contributed by atoms with Gasteiger partial charge in [0, 0.05) is 18.3 Å². The van der Waals surface area contributed by atoms with Gasteiger partial charge in [-0.2, -0.15) is 15.0 Å². The summed E-state index contributed by atoms with van der Waals surface area (Å²) in [4.78, 5) is 21.1. The molecule has 31 heavy (non-hydrogen) atoms. The molecule has 0 unspecified atom stereocenters. The van der Waals surface area contributed by atoms with E-state index in [0.29, 0.717) is 30.3 Å². The highest BCUT2D eigenvalue weighted by Gasteiger charge is 2.32. The highest BCUT2D eigenvalue weighted by molar-refractivity contribution is 5.98. The minimum Gasteiger partial charge on any atom is -0.493 e. The summed E-state index contributed by atoms with van der Waals surface area (Å²) in [6, 6.07) is 11.1. The maximum atomic E-state index is 13.5. The van der Waals surface area contributed by atoms with Crippen LogP contribution < -0.4 is 9.47 Å². The SMILES string of the molecule is CCCOc1ccnc(O[C@@H]2CC[C@@H](C)N(C(=O)c3ccccc3-n3nccn3)C2)c1. The van der Waals surface area contributed by atoms with Gasteiger partial charge in [-0.25, -0.2) is 4.98 Å². The van der Waals surface area contributed by atoms with Crippen molar-refractivity contribution < 1.29 is 14.3 Å². The molecule has 162 valence electrons. The zero-order chi connectivity index (χ0) is 21.6. The first kappa shape index (κ1) is 20.8. The van der Waals surface area contributed by atoms with Crippen molar-refractivity contribution in [1.82, 2.24) is 24.9 Å². The lowest BCUT2D eigenvalue weighted by molar-refractivity contribution is 0.0372. The van der Waals surface area contributed by atoms with Crippen molar-refractivity contribution in [2.45, 2.75) is 45.3 Å². The summed E-state index contributed by atoms with van der Waals surface area (Å²) in [5.74, 6) is 1.20. The van der Waals surface area contributed by atoms with Gasteiger partial charge in [-0.15, -0.1) is 0 Å². The van der Waals surface area contributed by atoms with Crippen molar-refractivity contribution >= 4 is 5.91 Å². The summed E-state index contributed by atoms with van der Waals surface area (Å²) in [5.41, 5.74) is 1.23. The Hall–Kier alpha value is -3.42. The highest BCUT2D eigenvalue weighted by Crippen LogP contribution is 2.26. The third kappa shape index (κ3) is 4.84. The number of hydrogen-bond acceptors (Lipinski definition) is 6. The number of carbonyl (C=O) groups is 1. The van der Waals surface area contributed by atoms with Crippen LogP contribution in [0, 0.1) is 0 Å². The number of rotatable bonds is 7. The van der Waals surface area contributed by atoms with Crippen LogP contribution >= 0.6 is 0 Å². The number of hydrogen-bond donors (Lipinski definition) is 0. The average molecular weight is 422 g/mol. The van der Waals surface area contributed by atoms with E-state index in [0.717, 1.165) is 25.0 Å². The van der Waals surface area contributed by atoms with Crippen LogP contribution in [0.15, 0.2) is 55.0 Å². The van der Waals surface area contributed by atoms with Crippen LogP contribution in [0.1, 0.15) is 43.5 Å². The Balaban J connectivity index is 1.49. The van der Waals surface area contributed by atoms with Gasteiger partial charge in [-0.1, -0.05) is 19.1 Å². The van der Waals surface area contributed by atoms with Gasteiger partial charge < -0.3 is 14.4 Å². The molecule has 3 aromatic rings. The van der Waals surface area contributed by atoms with Crippen molar-refractivity contribution in [3.05, 3.63) is 60.6 Å². The number of amides is 1. The smallest absolute Gasteiger partial charge is 0.256 e. The molecule has 1 aliphatic heterocycles. The fourth-order valence-electron chi connectivity index (χ4n) is 3.71. The molecule has 8 nitrogen and oxygen atoms in total. The van der Waals surface area contributed by atoms with E-state index in [1.54, 1.807) is 24.7 Å². The van der Waals surface area contributed by atoms with E-state index in [1.165, 1.54) is 4.80 Å². The molecule has 0 spiro atoms. The number of benzene rings is 1. The fourth-order valence-corrected chi connectivity index (χ4v) is 3.71. The Kier molecular flexibility index (Phi) is 6.45. The summed E-state index contributed by atoms with van der Waals surface area (Å²) >= 11 is 0. The van der Waals surface area contributed by atoms with Crippen molar-refractivity contribution in [2.75, 3.05) is 13.2 Å². The van der Waals surface area contributed by atoms with Gasteiger partial charge in [0.15, 0.2) is 0 Å². The molecule has 0 radical (unpaired) electrons. The van der Waals surface area contributed by atoms with Gasteiger partial charge in [0.25, 0.3) is 5.91 Å². The van der Waals surface area contributed by atoms with Crippen molar-refractivity contribution in [3.63, 3.8) is 0 Å². The number of ether oxygens (including phenoxy) is 2. The Morgan fingerprint density at radius 2 is 1.94 bits per heavy atom. The number of nitrogens with zero attached hydrogens (tertiary/aromatic N) is 5. The largest absolute Gasteiger partial charge is 0.493 e. The Bertz CT molecular complexity index is 1010. The Labute approximate surface area is 181 Å². The predicted octanol–water partition coefficient (Wildman–Crippen LogP) is 3.52. The van der Waals surface area contributed by atoms with Crippen LogP contribution in [0.25, 0.3) is 5.69 Å². The molecule has 1 saturated heterocycles. The normalized spacial score (nSPS) is 18.6. The summed E-state index contributed by atoms with van der Waals surface area (Å²) < 4.78 is 11.8. The molecule has 0 aliphatic carbocycles. The van der Waals surface area contributed by atoms with Gasteiger partial charge in [0.1, 0.15) is 11.9 Å². The van der Waals surface area contributed by atoms with E-state index < -0.39 is 0 Å². The molecular formula is C23H27N5O3. The molecule has 1 aromatic carbocycles. The number of likely N-dealkylation sites (tertiary alicyclic amines) is 1. The number of pyridine rings is 1. The van der Waals surface area contributed by atoms with Crippen molar-refractivity contribution in [2.24, 2.45) is 0 Å². The van der Waals surface area contributed by atoms with Crippen molar-refractivity contribution in [3.8, 4) is 17.3 Å². The second-order valence-corrected chi connectivity index (χ2v) is 7.64. The summed E-state index contributed by atoms with van der Waals surface area (Å²) in [6.45, 7) is 5.27. The molecule has 3 heterocycles. The van der Waals surface area contributed by atoms with Crippen LogP contribution in [-0.2, 0) is 0 Å². The second kappa shape index (κ2) is 9.59. The minimum absolute atomic E-state index is 0.0540. The van der Waals surface area contributed by atoms with Gasteiger partial charge in [0.05, 0.1) is 36.8 Å². The molecule has 0 saturated carbocycles.